The summed E-state index contributed by atoms with van der Waals surface area (Å²) in [4.78, 5) is 29.6. The third-order valence-corrected chi connectivity index (χ3v) is 3.93. The van der Waals surface area contributed by atoms with Crippen LogP contribution in [0.4, 0.5) is 0 Å². The highest BCUT2D eigenvalue weighted by Gasteiger charge is 2.13. The summed E-state index contributed by atoms with van der Waals surface area (Å²) in [6.45, 7) is 12.1. The summed E-state index contributed by atoms with van der Waals surface area (Å²) < 4.78 is 0. The van der Waals surface area contributed by atoms with Gasteiger partial charge in [0, 0.05) is 58.0 Å². The SMILES string of the molecule is CC(C)C(=O)CCN(C)CCN(C)CCN(C)C(=O)C(C)C. The van der Waals surface area contributed by atoms with Gasteiger partial charge in [-0.1, -0.05) is 27.7 Å². The Hall–Kier alpha value is -0.940. The first-order valence-corrected chi connectivity index (χ1v) is 8.29. The molecule has 0 aromatic heterocycles. The maximum atomic E-state index is 11.8. The molecule has 5 nitrogen and oxygen atoms in total. The Morgan fingerprint density at radius 2 is 1.18 bits per heavy atom. The molecule has 0 aromatic carbocycles. The highest BCUT2D eigenvalue weighted by molar-refractivity contribution is 5.80. The monoisotopic (exact) mass is 313 g/mol. The molecule has 0 aromatic rings. The van der Waals surface area contributed by atoms with Gasteiger partial charge in [-0.3, -0.25) is 9.59 Å². The van der Waals surface area contributed by atoms with E-state index in [-0.39, 0.29) is 17.7 Å². The fourth-order valence-corrected chi connectivity index (χ4v) is 2.03. The van der Waals surface area contributed by atoms with Crippen molar-refractivity contribution < 1.29 is 9.59 Å². The minimum atomic E-state index is 0.0555. The molecular formula is C17H35N3O2. The number of Topliss-reactive ketones (excluding diaryl/α,β-unsaturated/α-hetero) is 1. The molecule has 0 saturated carbocycles. The first-order valence-electron chi connectivity index (χ1n) is 8.29. The van der Waals surface area contributed by atoms with Crippen LogP contribution in [0.5, 0.6) is 0 Å². The highest BCUT2D eigenvalue weighted by Crippen LogP contribution is 2.01. The quantitative estimate of drug-likeness (QED) is 0.581. The van der Waals surface area contributed by atoms with Crippen molar-refractivity contribution in [2.75, 3.05) is 53.9 Å². The molecule has 0 aliphatic heterocycles. The Labute approximate surface area is 136 Å². The second-order valence-electron chi connectivity index (χ2n) is 6.89. The standard InChI is InChI=1S/C17H35N3O2/c1-14(2)16(21)8-9-18(5)10-11-19(6)12-13-20(7)17(22)15(3)4/h14-15H,8-13H2,1-7H3. The molecule has 0 radical (unpaired) electrons. The molecular weight excluding hydrogens is 278 g/mol. The van der Waals surface area contributed by atoms with Crippen LogP contribution in [0, 0.1) is 11.8 Å². The largest absolute Gasteiger partial charge is 0.344 e. The van der Waals surface area contributed by atoms with Crippen LogP contribution >= 0.6 is 0 Å². The zero-order chi connectivity index (χ0) is 17.3. The molecule has 22 heavy (non-hydrogen) atoms. The number of hydrogen-bond donors (Lipinski definition) is 0. The van der Waals surface area contributed by atoms with Crippen molar-refractivity contribution in [3.8, 4) is 0 Å². The third-order valence-electron chi connectivity index (χ3n) is 3.93. The minimum absolute atomic E-state index is 0.0555. The van der Waals surface area contributed by atoms with Crippen molar-refractivity contribution in [1.29, 1.82) is 0 Å². The van der Waals surface area contributed by atoms with E-state index in [2.05, 4.69) is 23.9 Å². The van der Waals surface area contributed by atoms with Crippen LogP contribution in [0.1, 0.15) is 34.1 Å². The third kappa shape index (κ3) is 9.15. The van der Waals surface area contributed by atoms with E-state index in [0.717, 1.165) is 32.7 Å². The van der Waals surface area contributed by atoms with Crippen LogP contribution in [-0.4, -0.2) is 80.3 Å². The average molecular weight is 313 g/mol. The van der Waals surface area contributed by atoms with Gasteiger partial charge in [-0.25, -0.2) is 0 Å². The van der Waals surface area contributed by atoms with E-state index in [9.17, 15) is 9.59 Å². The van der Waals surface area contributed by atoms with Crippen molar-refractivity contribution in [3.05, 3.63) is 0 Å². The molecule has 0 fully saturated rings. The summed E-state index contributed by atoms with van der Waals surface area (Å²) in [5, 5.41) is 0. The van der Waals surface area contributed by atoms with E-state index in [4.69, 9.17) is 0 Å². The van der Waals surface area contributed by atoms with Gasteiger partial charge in [0.2, 0.25) is 5.91 Å². The van der Waals surface area contributed by atoms with E-state index in [0.29, 0.717) is 12.2 Å². The maximum Gasteiger partial charge on any atom is 0.224 e. The zero-order valence-corrected chi connectivity index (χ0v) is 15.6. The van der Waals surface area contributed by atoms with E-state index < -0.39 is 0 Å². The number of amides is 1. The Kier molecular flexibility index (Phi) is 10.3. The number of likely N-dealkylation sites (N-methyl/N-ethyl adjacent to an activating group) is 3. The molecule has 130 valence electrons. The van der Waals surface area contributed by atoms with Gasteiger partial charge < -0.3 is 14.7 Å². The average Bonchev–Trinajstić information content (AvgIpc) is 2.46. The van der Waals surface area contributed by atoms with Crippen LogP contribution in [-0.2, 0) is 9.59 Å². The van der Waals surface area contributed by atoms with Crippen molar-refractivity contribution in [1.82, 2.24) is 14.7 Å². The lowest BCUT2D eigenvalue weighted by molar-refractivity contribution is -0.133. The first kappa shape index (κ1) is 21.1. The smallest absolute Gasteiger partial charge is 0.224 e. The lowest BCUT2D eigenvalue weighted by atomic mass is 10.1. The van der Waals surface area contributed by atoms with E-state index in [1.807, 2.05) is 34.7 Å². The maximum absolute atomic E-state index is 11.8. The molecule has 0 heterocycles. The molecule has 5 heteroatoms. The summed E-state index contributed by atoms with van der Waals surface area (Å²) in [6, 6.07) is 0. The van der Waals surface area contributed by atoms with Gasteiger partial charge in [-0.05, 0) is 14.1 Å². The van der Waals surface area contributed by atoms with Crippen LogP contribution in [0.15, 0.2) is 0 Å². The van der Waals surface area contributed by atoms with Crippen LogP contribution in [0.2, 0.25) is 0 Å². The van der Waals surface area contributed by atoms with Gasteiger partial charge in [-0.2, -0.15) is 0 Å². The second-order valence-corrected chi connectivity index (χ2v) is 6.89. The van der Waals surface area contributed by atoms with Crippen molar-refractivity contribution >= 4 is 11.7 Å². The van der Waals surface area contributed by atoms with Gasteiger partial charge in [0.1, 0.15) is 5.78 Å². The van der Waals surface area contributed by atoms with Gasteiger partial charge in [0.05, 0.1) is 0 Å². The predicted octanol–water partition coefficient (Wildman–Crippen LogP) is 1.58. The molecule has 0 unspecified atom stereocenters. The lowest BCUT2D eigenvalue weighted by Gasteiger charge is -2.25. The summed E-state index contributed by atoms with van der Waals surface area (Å²) in [5.74, 6) is 0.705. The molecule has 0 spiro atoms. The Morgan fingerprint density at radius 1 is 0.727 bits per heavy atom. The van der Waals surface area contributed by atoms with Crippen LogP contribution in [0.3, 0.4) is 0 Å². The predicted molar refractivity (Wildman–Crippen MR) is 91.9 cm³/mol. The molecule has 0 bridgehead atoms. The summed E-state index contributed by atoms with van der Waals surface area (Å²) >= 11 is 0. The molecule has 0 aliphatic rings. The molecule has 0 N–H and O–H groups in total. The second kappa shape index (κ2) is 10.7. The lowest BCUT2D eigenvalue weighted by Crippen LogP contribution is -2.39. The van der Waals surface area contributed by atoms with E-state index in [1.54, 1.807) is 4.90 Å². The fraction of sp³-hybridized carbons (Fsp3) is 0.882. The first-order chi connectivity index (χ1) is 10.1. The topological polar surface area (TPSA) is 43.9 Å². The Balaban J connectivity index is 3.87. The normalized spacial score (nSPS) is 11.8. The van der Waals surface area contributed by atoms with Crippen LogP contribution in [0.25, 0.3) is 0 Å². The summed E-state index contributed by atoms with van der Waals surface area (Å²) in [5.41, 5.74) is 0. The fourth-order valence-electron chi connectivity index (χ4n) is 2.03. The molecule has 0 saturated heterocycles. The Bertz CT molecular complexity index is 343. The van der Waals surface area contributed by atoms with E-state index in [1.165, 1.54) is 0 Å². The number of carbonyl (C=O) groups is 2. The van der Waals surface area contributed by atoms with E-state index >= 15 is 0 Å². The van der Waals surface area contributed by atoms with Crippen molar-refractivity contribution in [2.45, 2.75) is 34.1 Å². The minimum Gasteiger partial charge on any atom is -0.344 e. The number of ketones is 1. The number of rotatable bonds is 11. The van der Waals surface area contributed by atoms with Gasteiger partial charge >= 0.3 is 0 Å². The molecule has 0 aliphatic carbocycles. The molecule has 0 rings (SSSR count). The van der Waals surface area contributed by atoms with Gasteiger partial charge in [0.15, 0.2) is 0 Å². The highest BCUT2D eigenvalue weighted by atomic mass is 16.2. The zero-order valence-electron chi connectivity index (χ0n) is 15.6. The Morgan fingerprint density at radius 3 is 1.64 bits per heavy atom. The van der Waals surface area contributed by atoms with Gasteiger partial charge in [0.25, 0.3) is 0 Å². The molecule has 1 amide bonds. The summed E-state index contributed by atoms with van der Waals surface area (Å²) in [6.07, 6.45) is 0.628. The van der Waals surface area contributed by atoms with Crippen LogP contribution < -0.4 is 0 Å². The van der Waals surface area contributed by atoms with Crippen molar-refractivity contribution in [3.63, 3.8) is 0 Å². The van der Waals surface area contributed by atoms with Gasteiger partial charge in [-0.15, -0.1) is 0 Å². The van der Waals surface area contributed by atoms with Crippen molar-refractivity contribution in [2.24, 2.45) is 11.8 Å². The summed E-state index contributed by atoms with van der Waals surface area (Å²) in [7, 11) is 5.98. The number of carbonyl (C=O) groups excluding carboxylic acids is 2. The number of nitrogens with zero attached hydrogens (tertiary/aromatic N) is 3. The molecule has 0 atom stereocenters. The number of hydrogen-bond acceptors (Lipinski definition) is 4.